The second-order valence-corrected chi connectivity index (χ2v) is 5.99. The number of carbonyl (C=O) groups excluding carboxylic acids is 1. The van der Waals surface area contributed by atoms with Gasteiger partial charge in [-0.15, -0.1) is 0 Å². The lowest BCUT2D eigenvalue weighted by molar-refractivity contribution is -0.0247. The maximum absolute atomic E-state index is 12.9. The molecule has 0 radical (unpaired) electrons. The third-order valence-electron chi connectivity index (χ3n) is 4.09. The fraction of sp³-hybridized carbons (Fsp3) is 0.389. The van der Waals surface area contributed by atoms with Gasteiger partial charge in [0.25, 0.3) is 5.91 Å². The molecule has 7 nitrogen and oxygen atoms in total. The van der Waals surface area contributed by atoms with Crippen molar-refractivity contribution in [2.24, 2.45) is 0 Å². The second-order valence-electron chi connectivity index (χ2n) is 5.99. The highest BCUT2D eigenvalue weighted by molar-refractivity contribution is 5.96. The molecule has 1 aliphatic rings. The van der Waals surface area contributed by atoms with E-state index >= 15 is 0 Å². The quantitative estimate of drug-likeness (QED) is 0.843. The van der Waals surface area contributed by atoms with Crippen LogP contribution in [0.25, 0.3) is 0 Å². The van der Waals surface area contributed by atoms with Crippen molar-refractivity contribution in [1.82, 2.24) is 14.9 Å². The topological polar surface area (TPSA) is 67.8 Å². The second kappa shape index (κ2) is 7.48. The Bertz CT molecular complexity index is 751. The van der Waals surface area contributed by atoms with E-state index in [2.05, 4.69) is 9.97 Å². The molecule has 0 saturated carbocycles. The van der Waals surface area contributed by atoms with Gasteiger partial charge in [0.15, 0.2) is 0 Å². The van der Waals surface area contributed by atoms with Crippen molar-refractivity contribution in [3.63, 3.8) is 0 Å². The molecule has 1 fully saturated rings. The molecule has 25 heavy (non-hydrogen) atoms. The summed E-state index contributed by atoms with van der Waals surface area (Å²) in [6.07, 6.45) is 1.36. The number of amides is 1. The summed E-state index contributed by atoms with van der Waals surface area (Å²) < 4.78 is 11.1. The first-order valence-corrected chi connectivity index (χ1v) is 8.14. The lowest BCUT2D eigenvalue weighted by Crippen LogP contribution is -2.42. The number of aromatic nitrogens is 2. The van der Waals surface area contributed by atoms with Crippen LogP contribution in [0.2, 0.25) is 0 Å². The Balaban J connectivity index is 1.79. The van der Waals surface area contributed by atoms with Gasteiger partial charge in [-0.1, -0.05) is 6.07 Å². The van der Waals surface area contributed by atoms with Crippen LogP contribution in [-0.2, 0) is 4.74 Å². The van der Waals surface area contributed by atoms with Gasteiger partial charge in [0.05, 0.1) is 26.0 Å². The minimum Gasteiger partial charge on any atom is -0.480 e. The first-order valence-electron chi connectivity index (χ1n) is 8.14. The fourth-order valence-corrected chi connectivity index (χ4v) is 2.77. The maximum Gasteiger partial charge on any atom is 0.259 e. The Morgan fingerprint density at radius 2 is 2.16 bits per heavy atom. The largest absolute Gasteiger partial charge is 0.480 e. The van der Waals surface area contributed by atoms with Crippen LogP contribution in [0.1, 0.15) is 22.2 Å². The summed E-state index contributed by atoms with van der Waals surface area (Å²) in [5, 5.41) is 0. The number of nitrogens with zero attached hydrogens (tertiary/aromatic N) is 4. The van der Waals surface area contributed by atoms with Crippen molar-refractivity contribution < 1.29 is 14.3 Å². The average Bonchev–Trinajstić information content (AvgIpc) is 2.67. The Morgan fingerprint density at radius 1 is 1.32 bits per heavy atom. The number of morpholine rings is 1. The van der Waals surface area contributed by atoms with Gasteiger partial charge < -0.3 is 19.3 Å². The Hall–Kier alpha value is -2.67. The summed E-state index contributed by atoms with van der Waals surface area (Å²) in [6.45, 7) is 1.44. The van der Waals surface area contributed by atoms with E-state index in [4.69, 9.17) is 9.47 Å². The van der Waals surface area contributed by atoms with Crippen LogP contribution >= 0.6 is 0 Å². The molecule has 1 saturated heterocycles. The predicted octanol–water partition coefficient (Wildman–Crippen LogP) is 1.76. The molecule has 132 valence electrons. The number of anilines is 1. The zero-order chi connectivity index (χ0) is 17.8. The first-order chi connectivity index (χ1) is 12.1. The van der Waals surface area contributed by atoms with Gasteiger partial charge in [0, 0.05) is 26.8 Å². The number of ether oxygens (including phenoxy) is 2. The van der Waals surface area contributed by atoms with Crippen molar-refractivity contribution >= 4 is 11.7 Å². The monoisotopic (exact) mass is 342 g/mol. The number of methoxy groups -OCH3 is 1. The average molecular weight is 342 g/mol. The summed E-state index contributed by atoms with van der Waals surface area (Å²) in [7, 11) is 5.40. The highest BCUT2D eigenvalue weighted by Gasteiger charge is 2.28. The van der Waals surface area contributed by atoms with Crippen molar-refractivity contribution in [2.75, 3.05) is 45.8 Å². The summed E-state index contributed by atoms with van der Waals surface area (Å²) in [5.41, 5.74) is 1.28. The number of rotatable bonds is 4. The summed E-state index contributed by atoms with van der Waals surface area (Å²) >= 11 is 0. The molecule has 7 heteroatoms. The smallest absolute Gasteiger partial charge is 0.259 e. The first kappa shape index (κ1) is 17.2. The predicted molar refractivity (Wildman–Crippen MR) is 93.9 cm³/mol. The molecule has 1 atom stereocenters. The van der Waals surface area contributed by atoms with Gasteiger partial charge in [-0.05, 0) is 24.3 Å². The molecule has 0 bridgehead atoms. The van der Waals surface area contributed by atoms with Gasteiger partial charge in [0.1, 0.15) is 17.5 Å². The number of carbonyl (C=O) groups is 1. The molecule has 1 amide bonds. The SMILES string of the molecule is COc1ncccc1C(=O)N1CCOC(c2cccc(N(C)C)n2)C1. The molecule has 0 spiro atoms. The standard InChI is InChI=1S/C18H22N4O3/c1-21(2)16-8-4-7-14(20-16)15-12-22(10-11-25-15)18(23)13-6-5-9-19-17(13)24-3/h4-9,15H,10-12H2,1-3H3. The Morgan fingerprint density at radius 3 is 2.92 bits per heavy atom. The van der Waals surface area contributed by atoms with Crippen LogP contribution in [0.3, 0.4) is 0 Å². The number of pyridine rings is 2. The Labute approximate surface area is 147 Å². The molecule has 0 N–H and O–H groups in total. The van der Waals surface area contributed by atoms with Crippen LogP contribution in [0.4, 0.5) is 5.82 Å². The van der Waals surface area contributed by atoms with E-state index in [1.54, 1.807) is 23.2 Å². The minimum absolute atomic E-state index is 0.109. The molecule has 3 heterocycles. The molecule has 0 aliphatic carbocycles. The molecule has 2 aromatic rings. The van der Waals surface area contributed by atoms with E-state index in [-0.39, 0.29) is 12.0 Å². The van der Waals surface area contributed by atoms with Gasteiger partial charge in [-0.25, -0.2) is 9.97 Å². The van der Waals surface area contributed by atoms with Crippen molar-refractivity contribution in [1.29, 1.82) is 0 Å². The zero-order valence-corrected chi connectivity index (χ0v) is 14.7. The van der Waals surface area contributed by atoms with Crippen molar-refractivity contribution in [3.8, 4) is 5.88 Å². The molecular weight excluding hydrogens is 320 g/mol. The summed E-state index contributed by atoms with van der Waals surface area (Å²) in [5.74, 6) is 1.09. The molecular formula is C18H22N4O3. The van der Waals surface area contributed by atoms with Crippen LogP contribution in [0.5, 0.6) is 5.88 Å². The maximum atomic E-state index is 12.9. The molecule has 1 aliphatic heterocycles. The lowest BCUT2D eigenvalue weighted by atomic mass is 10.1. The normalized spacial score (nSPS) is 17.2. The third kappa shape index (κ3) is 3.71. The minimum atomic E-state index is -0.250. The lowest BCUT2D eigenvalue weighted by Gasteiger charge is -2.33. The van der Waals surface area contributed by atoms with E-state index in [0.29, 0.717) is 31.1 Å². The molecule has 2 aromatic heterocycles. The zero-order valence-electron chi connectivity index (χ0n) is 14.7. The van der Waals surface area contributed by atoms with Gasteiger partial charge in [0.2, 0.25) is 5.88 Å². The van der Waals surface area contributed by atoms with Crippen molar-refractivity contribution in [3.05, 3.63) is 47.8 Å². The van der Waals surface area contributed by atoms with E-state index in [9.17, 15) is 4.79 Å². The van der Waals surface area contributed by atoms with Crippen LogP contribution in [0.15, 0.2) is 36.5 Å². The van der Waals surface area contributed by atoms with Gasteiger partial charge >= 0.3 is 0 Å². The van der Waals surface area contributed by atoms with E-state index in [1.165, 1.54) is 7.11 Å². The molecule has 0 aromatic carbocycles. The van der Waals surface area contributed by atoms with E-state index in [1.807, 2.05) is 37.2 Å². The highest BCUT2D eigenvalue weighted by Crippen LogP contribution is 2.25. The van der Waals surface area contributed by atoms with Crippen LogP contribution in [0, 0.1) is 0 Å². The summed E-state index contributed by atoms with van der Waals surface area (Å²) in [4.78, 5) is 25.3. The van der Waals surface area contributed by atoms with Crippen LogP contribution < -0.4 is 9.64 Å². The van der Waals surface area contributed by atoms with E-state index < -0.39 is 0 Å². The third-order valence-corrected chi connectivity index (χ3v) is 4.09. The van der Waals surface area contributed by atoms with Gasteiger partial charge in [-0.2, -0.15) is 0 Å². The fourth-order valence-electron chi connectivity index (χ4n) is 2.77. The summed E-state index contributed by atoms with van der Waals surface area (Å²) in [6, 6.07) is 9.28. The number of hydrogen-bond donors (Lipinski definition) is 0. The number of hydrogen-bond acceptors (Lipinski definition) is 6. The highest BCUT2D eigenvalue weighted by atomic mass is 16.5. The molecule has 1 unspecified atom stereocenters. The molecule has 3 rings (SSSR count). The Kier molecular flexibility index (Phi) is 5.14. The van der Waals surface area contributed by atoms with Gasteiger partial charge in [-0.3, -0.25) is 4.79 Å². The van der Waals surface area contributed by atoms with E-state index in [0.717, 1.165) is 11.5 Å². The van der Waals surface area contributed by atoms with Crippen molar-refractivity contribution in [2.45, 2.75) is 6.10 Å². The van der Waals surface area contributed by atoms with Crippen LogP contribution in [-0.4, -0.2) is 61.7 Å².